The number of thioether (sulfide) groups is 2. The number of hydrogen-bond acceptors (Lipinski definition) is 7. The predicted molar refractivity (Wildman–Crippen MR) is 88.5 cm³/mol. The topological polar surface area (TPSA) is 63.9 Å². The van der Waals surface area contributed by atoms with Gasteiger partial charge in [0.2, 0.25) is 0 Å². The van der Waals surface area contributed by atoms with E-state index < -0.39 is 0 Å². The van der Waals surface area contributed by atoms with E-state index >= 15 is 0 Å². The second kappa shape index (κ2) is 9.44. The van der Waals surface area contributed by atoms with Gasteiger partial charge in [0.15, 0.2) is 5.82 Å². The molecule has 0 bridgehead atoms. The van der Waals surface area contributed by atoms with Crippen LogP contribution in [0.2, 0.25) is 0 Å². The first-order valence-corrected chi connectivity index (χ1v) is 8.53. The summed E-state index contributed by atoms with van der Waals surface area (Å²) in [4.78, 5) is 20.9. The molecule has 0 aliphatic heterocycles. The molecule has 0 saturated heterocycles. The minimum atomic E-state index is 0.629. The van der Waals surface area contributed by atoms with Crippen molar-refractivity contribution in [3.8, 4) is 11.4 Å². The van der Waals surface area contributed by atoms with Gasteiger partial charge in [-0.25, -0.2) is 15.0 Å². The molecule has 0 saturated carbocycles. The minimum Gasteiger partial charge on any atom is -0.261 e. The summed E-state index contributed by atoms with van der Waals surface area (Å²) in [6.07, 6.45) is 10.4. The van der Waals surface area contributed by atoms with Crippen molar-refractivity contribution in [3.05, 3.63) is 31.0 Å². The van der Waals surface area contributed by atoms with Crippen LogP contribution in [0.4, 0.5) is 5.82 Å². The lowest BCUT2D eigenvalue weighted by molar-refractivity contribution is 1.12. The van der Waals surface area contributed by atoms with Crippen molar-refractivity contribution < 1.29 is 0 Å². The van der Waals surface area contributed by atoms with E-state index in [0.29, 0.717) is 11.5 Å². The fraction of sp³-hybridized carbons (Fsp3) is 0.308. The van der Waals surface area contributed by atoms with Crippen LogP contribution in [0.15, 0.2) is 36.0 Å². The van der Waals surface area contributed by atoms with Crippen molar-refractivity contribution >= 4 is 33.7 Å². The Morgan fingerprint density at radius 2 is 1.75 bits per heavy atom. The van der Waals surface area contributed by atoms with Gasteiger partial charge in [0, 0.05) is 18.5 Å². The van der Waals surface area contributed by atoms with Gasteiger partial charge >= 0.3 is 0 Å². The van der Waals surface area contributed by atoms with Crippen molar-refractivity contribution in [2.75, 3.05) is 12.5 Å². The van der Waals surface area contributed by atoms with E-state index in [1.54, 1.807) is 48.2 Å². The zero-order chi connectivity index (χ0) is 14.8. The van der Waals surface area contributed by atoms with E-state index in [4.69, 9.17) is 0 Å². The average molecular weight is 307 g/mol. The molecular weight excluding hydrogens is 290 g/mol. The SMILES string of the molecule is CC.CSC(=Nc1cc(-c2cnccn2)ncn1)SC. The number of nitrogens with zero attached hydrogens (tertiary/aromatic N) is 5. The summed E-state index contributed by atoms with van der Waals surface area (Å²) in [6.45, 7) is 4.00. The summed E-state index contributed by atoms with van der Waals surface area (Å²) in [5.74, 6) is 0.629. The molecule has 0 spiro atoms. The first kappa shape index (κ1) is 16.6. The largest absolute Gasteiger partial charge is 0.261 e. The molecular formula is C13H17N5S2. The van der Waals surface area contributed by atoms with E-state index in [1.807, 2.05) is 26.4 Å². The van der Waals surface area contributed by atoms with Crippen molar-refractivity contribution in [2.45, 2.75) is 13.8 Å². The molecule has 2 rings (SSSR count). The number of rotatable bonds is 2. The lowest BCUT2D eigenvalue weighted by Crippen LogP contribution is -1.90. The Bertz CT molecular complexity index is 539. The van der Waals surface area contributed by atoms with Crippen LogP contribution in [0.25, 0.3) is 11.4 Å². The van der Waals surface area contributed by atoms with Crippen LogP contribution in [0, 0.1) is 0 Å². The highest BCUT2D eigenvalue weighted by atomic mass is 32.2. The quantitative estimate of drug-likeness (QED) is 0.623. The number of aromatic nitrogens is 4. The van der Waals surface area contributed by atoms with Crippen molar-refractivity contribution in [1.29, 1.82) is 0 Å². The number of aliphatic imine (C=N–C) groups is 1. The standard InChI is InChI=1S/C11H11N5S2.C2H6/c1-17-11(18-2)16-10-5-8(14-7-15-10)9-6-12-3-4-13-9;1-2/h3-7H,1-2H3;1-2H3. The zero-order valence-electron chi connectivity index (χ0n) is 11.9. The van der Waals surface area contributed by atoms with Crippen LogP contribution in [-0.2, 0) is 0 Å². The van der Waals surface area contributed by atoms with E-state index in [1.165, 1.54) is 6.33 Å². The Hall–Kier alpha value is -1.47. The molecule has 0 unspecified atom stereocenters. The van der Waals surface area contributed by atoms with E-state index in [-0.39, 0.29) is 0 Å². The monoisotopic (exact) mass is 307 g/mol. The Morgan fingerprint density at radius 1 is 1.00 bits per heavy atom. The molecule has 0 aliphatic rings. The molecule has 0 fully saturated rings. The first-order chi connectivity index (χ1) is 9.83. The molecule has 106 valence electrons. The van der Waals surface area contributed by atoms with Gasteiger partial charge in [-0.3, -0.25) is 9.97 Å². The predicted octanol–water partition coefficient (Wildman–Crippen LogP) is 3.67. The summed E-state index contributed by atoms with van der Waals surface area (Å²) in [5, 5.41) is 0. The van der Waals surface area contributed by atoms with Crippen LogP contribution in [0.3, 0.4) is 0 Å². The number of hydrogen-bond donors (Lipinski definition) is 0. The van der Waals surface area contributed by atoms with Crippen molar-refractivity contribution in [1.82, 2.24) is 19.9 Å². The Kier molecular flexibility index (Phi) is 7.82. The molecule has 2 aromatic rings. The third-order valence-corrected chi connectivity index (χ3v) is 3.91. The summed E-state index contributed by atoms with van der Waals surface area (Å²) >= 11 is 3.18. The molecule has 0 aromatic carbocycles. The third-order valence-electron chi connectivity index (χ3n) is 2.03. The van der Waals surface area contributed by atoms with Crippen LogP contribution in [-0.4, -0.2) is 36.8 Å². The molecule has 7 heteroatoms. The van der Waals surface area contributed by atoms with Crippen LogP contribution in [0.5, 0.6) is 0 Å². The molecule has 20 heavy (non-hydrogen) atoms. The van der Waals surface area contributed by atoms with Crippen molar-refractivity contribution in [2.24, 2.45) is 4.99 Å². The van der Waals surface area contributed by atoms with Gasteiger partial charge in [0.1, 0.15) is 16.4 Å². The second-order valence-corrected chi connectivity index (χ2v) is 4.99. The molecule has 5 nitrogen and oxygen atoms in total. The first-order valence-electron chi connectivity index (χ1n) is 6.08. The maximum Gasteiger partial charge on any atom is 0.157 e. The highest BCUT2D eigenvalue weighted by Crippen LogP contribution is 2.20. The van der Waals surface area contributed by atoms with E-state index in [0.717, 1.165) is 10.1 Å². The highest BCUT2D eigenvalue weighted by molar-refractivity contribution is 8.38. The van der Waals surface area contributed by atoms with Crippen LogP contribution < -0.4 is 0 Å². The maximum absolute atomic E-state index is 4.43. The lowest BCUT2D eigenvalue weighted by atomic mass is 10.3. The van der Waals surface area contributed by atoms with Gasteiger partial charge in [-0.05, 0) is 12.5 Å². The minimum absolute atomic E-state index is 0.629. The highest BCUT2D eigenvalue weighted by Gasteiger charge is 2.03. The van der Waals surface area contributed by atoms with Gasteiger partial charge in [-0.15, -0.1) is 23.5 Å². The van der Waals surface area contributed by atoms with Crippen LogP contribution >= 0.6 is 23.5 Å². The summed E-state index contributed by atoms with van der Waals surface area (Å²) in [6, 6.07) is 1.80. The summed E-state index contributed by atoms with van der Waals surface area (Å²) in [5.41, 5.74) is 1.43. The second-order valence-electron chi connectivity index (χ2n) is 3.14. The molecule has 0 aliphatic carbocycles. The summed E-state index contributed by atoms with van der Waals surface area (Å²) < 4.78 is 0.957. The Labute approximate surface area is 127 Å². The van der Waals surface area contributed by atoms with Gasteiger partial charge in [-0.1, -0.05) is 13.8 Å². The van der Waals surface area contributed by atoms with Crippen molar-refractivity contribution in [3.63, 3.8) is 0 Å². The molecule has 0 atom stereocenters. The fourth-order valence-corrected chi connectivity index (χ4v) is 2.28. The third kappa shape index (κ3) is 4.90. The maximum atomic E-state index is 4.43. The van der Waals surface area contributed by atoms with Gasteiger partial charge in [-0.2, -0.15) is 0 Å². The molecule has 0 N–H and O–H groups in total. The molecule has 0 amide bonds. The molecule has 2 aromatic heterocycles. The summed E-state index contributed by atoms with van der Waals surface area (Å²) in [7, 11) is 0. The van der Waals surface area contributed by atoms with Crippen LogP contribution in [0.1, 0.15) is 13.8 Å². The van der Waals surface area contributed by atoms with Gasteiger partial charge in [0.25, 0.3) is 0 Å². The van der Waals surface area contributed by atoms with Gasteiger partial charge in [0.05, 0.1) is 11.9 Å². The van der Waals surface area contributed by atoms with Gasteiger partial charge < -0.3 is 0 Å². The lowest BCUT2D eigenvalue weighted by Gasteiger charge is -2.01. The fourth-order valence-electron chi connectivity index (χ4n) is 1.25. The molecule has 0 radical (unpaired) electrons. The average Bonchev–Trinajstić information content (AvgIpc) is 2.55. The van der Waals surface area contributed by atoms with E-state index in [9.17, 15) is 0 Å². The Balaban J connectivity index is 0.000000956. The molecule has 2 heterocycles. The van der Waals surface area contributed by atoms with E-state index in [2.05, 4.69) is 24.9 Å². The zero-order valence-corrected chi connectivity index (χ0v) is 13.6. The Morgan fingerprint density at radius 3 is 2.35 bits per heavy atom. The smallest absolute Gasteiger partial charge is 0.157 e. The normalized spacial score (nSPS) is 9.40.